The second-order valence-electron chi connectivity index (χ2n) is 5.48. The first-order valence-electron chi connectivity index (χ1n) is 7.14. The largest absolute Gasteiger partial charge is 0.487 e. The van der Waals surface area contributed by atoms with E-state index in [1.165, 1.54) is 18.4 Å². The Hall–Kier alpha value is -1.81. The van der Waals surface area contributed by atoms with Gasteiger partial charge in [0, 0.05) is 16.9 Å². The fourth-order valence-corrected chi connectivity index (χ4v) is 2.88. The topological polar surface area (TPSA) is 26.5 Å². The van der Waals surface area contributed by atoms with E-state index in [0.717, 1.165) is 27.5 Å². The summed E-state index contributed by atoms with van der Waals surface area (Å²) in [5.74, 6) is 1.61. The summed E-state index contributed by atoms with van der Waals surface area (Å²) in [4.78, 5) is 4.60. The van der Waals surface area contributed by atoms with Crippen molar-refractivity contribution in [2.75, 3.05) is 0 Å². The van der Waals surface area contributed by atoms with E-state index in [4.69, 9.17) is 4.74 Å². The summed E-state index contributed by atoms with van der Waals surface area (Å²) in [6.45, 7) is 0.483. The van der Waals surface area contributed by atoms with Crippen LogP contribution < -0.4 is 4.74 Å². The maximum absolute atomic E-state index is 5.79. The van der Waals surface area contributed by atoms with Crippen molar-refractivity contribution >= 4 is 21.6 Å². The molecule has 1 saturated carbocycles. The molecule has 2 aromatic heterocycles. The van der Waals surface area contributed by atoms with Crippen LogP contribution in [0.1, 0.15) is 30.0 Å². The van der Waals surface area contributed by atoms with Crippen LogP contribution in [0.3, 0.4) is 0 Å². The van der Waals surface area contributed by atoms with Gasteiger partial charge < -0.3 is 9.14 Å². The average Bonchev–Trinajstić information content (AvgIpc) is 3.25. The van der Waals surface area contributed by atoms with Gasteiger partial charge in [-0.1, -0.05) is 28.1 Å². The van der Waals surface area contributed by atoms with Crippen LogP contribution in [0.25, 0.3) is 5.65 Å². The van der Waals surface area contributed by atoms with Gasteiger partial charge in [0.1, 0.15) is 18.0 Å². The second kappa shape index (κ2) is 5.19. The maximum Gasteiger partial charge on any atom is 0.137 e. The SMILES string of the molecule is Brc1cccc(OCc2cn3cc(C4CC4)ccc3n2)c1. The molecule has 2 heterocycles. The standard InChI is InChI=1S/C17H15BrN2O/c18-14-2-1-3-16(8-14)21-11-15-10-20-9-13(12-4-5-12)6-7-17(20)19-15/h1-3,6-10,12H,4-5,11H2. The Bertz CT molecular complexity index is 792. The lowest BCUT2D eigenvalue weighted by molar-refractivity contribution is 0.302. The van der Waals surface area contributed by atoms with Crippen LogP contribution in [0.4, 0.5) is 0 Å². The highest BCUT2D eigenvalue weighted by atomic mass is 79.9. The number of imidazole rings is 1. The third-order valence-electron chi connectivity index (χ3n) is 3.76. The minimum Gasteiger partial charge on any atom is -0.487 e. The Kier molecular flexibility index (Phi) is 3.19. The molecule has 106 valence electrons. The zero-order valence-corrected chi connectivity index (χ0v) is 13.1. The Morgan fingerprint density at radius 2 is 2.10 bits per heavy atom. The number of benzene rings is 1. The second-order valence-corrected chi connectivity index (χ2v) is 6.40. The van der Waals surface area contributed by atoms with Gasteiger partial charge in [-0.2, -0.15) is 0 Å². The third kappa shape index (κ3) is 2.81. The average molecular weight is 343 g/mol. The van der Waals surface area contributed by atoms with Crippen molar-refractivity contribution in [1.82, 2.24) is 9.38 Å². The summed E-state index contributed by atoms with van der Waals surface area (Å²) in [5, 5.41) is 0. The van der Waals surface area contributed by atoms with E-state index in [0.29, 0.717) is 6.61 Å². The predicted octanol–water partition coefficient (Wildman–Crippen LogP) is 4.55. The molecule has 4 heteroatoms. The summed E-state index contributed by atoms with van der Waals surface area (Å²) in [5.41, 5.74) is 3.34. The molecule has 1 fully saturated rings. The fraction of sp³-hybridized carbons (Fsp3) is 0.235. The van der Waals surface area contributed by atoms with Gasteiger partial charge in [-0.25, -0.2) is 4.98 Å². The first kappa shape index (κ1) is 12.9. The number of hydrogen-bond acceptors (Lipinski definition) is 2. The van der Waals surface area contributed by atoms with Crippen molar-refractivity contribution < 1.29 is 4.74 Å². The molecule has 0 saturated heterocycles. The van der Waals surface area contributed by atoms with E-state index in [1.54, 1.807) is 0 Å². The molecule has 0 unspecified atom stereocenters. The van der Waals surface area contributed by atoms with E-state index in [9.17, 15) is 0 Å². The van der Waals surface area contributed by atoms with Gasteiger partial charge in [0.25, 0.3) is 0 Å². The quantitative estimate of drug-likeness (QED) is 0.695. The van der Waals surface area contributed by atoms with Gasteiger partial charge in [0.2, 0.25) is 0 Å². The van der Waals surface area contributed by atoms with Gasteiger partial charge in [-0.05, 0) is 48.6 Å². The van der Waals surface area contributed by atoms with E-state index in [2.05, 4.69) is 49.8 Å². The number of hydrogen-bond donors (Lipinski definition) is 0. The molecular weight excluding hydrogens is 328 g/mol. The molecule has 4 rings (SSSR count). The molecule has 1 aromatic carbocycles. The van der Waals surface area contributed by atoms with Crippen molar-refractivity contribution in [1.29, 1.82) is 0 Å². The zero-order valence-electron chi connectivity index (χ0n) is 11.5. The number of nitrogens with zero attached hydrogens (tertiary/aromatic N) is 2. The van der Waals surface area contributed by atoms with Gasteiger partial charge in [-0.15, -0.1) is 0 Å². The summed E-state index contributed by atoms with van der Waals surface area (Å²) in [7, 11) is 0. The smallest absolute Gasteiger partial charge is 0.137 e. The summed E-state index contributed by atoms with van der Waals surface area (Å²) >= 11 is 3.44. The summed E-state index contributed by atoms with van der Waals surface area (Å²) < 4.78 is 8.91. The number of ether oxygens (including phenoxy) is 1. The molecule has 1 aliphatic rings. The number of fused-ring (bicyclic) bond motifs is 1. The summed E-state index contributed by atoms with van der Waals surface area (Å²) in [6.07, 6.45) is 6.89. The zero-order chi connectivity index (χ0) is 14.2. The molecule has 0 N–H and O–H groups in total. The lowest BCUT2D eigenvalue weighted by Crippen LogP contribution is -1.95. The highest BCUT2D eigenvalue weighted by Crippen LogP contribution is 2.39. The maximum atomic E-state index is 5.79. The van der Waals surface area contributed by atoms with Crippen molar-refractivity contribution in [3.8, 4) is 5.75 Å². The van der Waals surface area contributed by atoms with Crippen LogP contribution >= 0.6 is 15.9 Å². The molecule has 1 aliphatic carbocycles. The third-order valence-corrected chi connectivity index (χ3v) is 4.25. The highest BCUT2D eigenvalue weighted by Gasteiger charge is 2.23. The van der Waals surface area contributed by atoms with Gasteiger partial charge in [0.15, 0.2) is 0 Å². The number of aromatic nitrogens is 2. The van der Waals surface area contributed by atoms with Gasteiger partial charge in [0.05, 0.1) is 5.69 Å². The lowest BCUT2D eigenvalue weighted by Gasteiger charge is -2.03. The van der Waals surface area contributed by atoms with Crippen LogP contribution in [-0.2, 0) is 6.61 Å². The Morgan fingerprint density at radius 3 is 2.90 bits per heavy atom. The van der Waals surface area contributed by atoms with E-state index in [-0.39, 0.29) is 0 Å². The van der Waals surface area contributed by atoms with Crippen molar-refractivity contribution in [2.24, 2.45) is 0 Å². The normalized spacial score (nSPS) is 14.5. The molecule has 0 bridgehead atoms. The number of pyridine rings is 1. The fourth-order valence-electron chi connectivity index (χ4n) is 2.50. The molecule has 3 aromatic rings. The molecule has 0 aliphatic heterocycles. The van der Waals surface area contributed by atoms with E-state index in [1.807, 2.05) is 24.3 Å². The first-order valence-corrected chi connectivity index (χ1v) is 7.93. The van der Waals surface area contributed by atoms with Crippen LogP contribution in [0.2, 0.25) is 0 Å². The van der Waals surface area contributed by atoms with Crippen molar-refractivity contribution in [3.05, 3.63) is 64.5 Å². The summed E-state index contributed by atoms with van der Waals surface area (Å²) in [6, 6.07) is 12.1. The van der Waals surface area contributed by atoms with Gasteiger partial charge >= 0.3 is 0 Å². The lowest BCUT2D eigenvalue weighted by atomic mass is 10.2. The Labute approximate surface area is 131 Å². The molecule has 0 spiro atoms. The Balaban J connectivity index is 1.53. The monoisotopic (exact) mass is 342 g/mol. The number of rotatable bonds is 4. The molecule has 0 amide bonds. The van der Waals surface area contributed by atoms with Crippen LogP contribution in [0, 0.1) is 0 Å². The highest BCUT2D eigenvalue weighted by molar-refractivity contribution is 9.10. The van der Waals surface area contributed by atoms with Crippen molar-refractivity contribution in [3.63, 3.8) is 0 Å². The van der Waals surface area contributed by atoms with Crippen LogP contribution in [0.5, 0.6) is 5.75 Å². The number of halogens is 1. The first-order chi connectivity index (χ1) is 10.3. The van der Waals surface area contributed by atoms with Crippen molar-refractivity contribution in [2.45, 2.75) is 25.4 Å². The van der Waals surface area contributed by atoms with Crippen LogP contribution in [0.15, 0.2) is 53.3 Å². The molecule has 21 heavy (non-hydrogen) atoms. The van der Waals surface area contributed by atoms with E-state index >= 15 is 0 Å². The predicted molar refractivity (Wildman–Crippen MR) is 85.6 cm³/mol. The minimum absolute atomic E-state index is 0.483. The van der Waals surface area contributed by atoms with Crippen LogP contribution in [-0.4, -0.2) is 9.38 Å². The molecule has 0 radical (unpaired) electrons. The van der Waals surface area contributed by atoms with E-state index < -0.39 is 0 Å². The minimum atomic E-state index is 0.483. The molecule has 3 nitrogen and oxygen atoms in total. The molecular formula is C17H15BrN2O. The molecule has 0 atom stereocenters. The van der Waals surface area contributed by atoms with Gasteiger partial charge in [-0.3, -0.25) is 0 Å². The Morgan fingerprint density at radius 1 is 1.19 bits per heavy atom.